The van der Waals surface area contributed by atoms with E-state index in [4.69, 9.17) is 4.74 Å². The van der Waals surface area contributed by atoms with Crippen LogP contribution in [0.5, 0.6) is 0 Å². The molecule has 0 aliphatic carbocycles. The minimum Gasteiger partial charge on any atom is -0.458 e. The number of rotatable bonds is 5. The van der Waals surface area contributed by atoms with Crippen LogP contribution >= 0.6 is 22.7 Å². The Hall–Kier alpha value is -3.03. The maximum absolute atomic E-state index is 13.3. The van der Waals surface area contributed by atoms with Gasteiger partial charge in [0, 0.05) is 4.88 Å². The highest BCUT2D eigenvalue weighted by Crippen LogP contribution is 2.30. The molecule has 0 amide bonds. The van der Waals surface area contributed by atoms with Crippen molar-refractivity contribution in [2.45, 2.75) is 13.0 Å². The molecule has 0 bridgehead atoms. The molecular formula is C22H18N2O3S2. The lowest BCUT2D eigenvalue weighted by Crippen LogP contribution is -2.39. The summed E-state index contributed by atoms with van der Waals surface area (Å²) in [6.45, 7) is 5.46. The smallest absolute Gasteiger partial charge is 0.338 e. The monoisotopic (exact) mass is 422 g/mol. The average molecular weight is 423 g/mol. The molecule has 3 aromatic rings. The summed E-state index contributed by atoms with van der Waals surface area (Å²) in [5.74, 6) is -0.493. The van der Waals surface area contributed by atoms with Gasteiger partial charge in [-0.15, -0.1) is 11.3 Å². The van der Waals surface area contributed by atoms with E-state index in [-0.39, 0.29) is 12.2 Å². The van der Waals surface area contributed by atoms with Crippen LogP contribution < -0.4 is 14.9 Å². The molecule has 0 saturated carbocycles. The van der Waals surface area contributed by atoms with Crippen molar-refractivity contribution in [2.75, 3.05) is 6.61 Å². The van der Waals surface area contributed by atoms with Crippen molar-refractivity contribution >= 4 is 34.7 Å². The Balaban J connectivity index is 1.94. The molecule has 1 unspecified atom stereocenters. The lowest BCUT2D eigenvalue weighted by atomic mass is 9.96. The topological polar surface area (TPSA) is 60.7 Å². The summed E-state index contributed by atoms with van der Waals surface area (Å²) in [4.78, 5) is 32.3. The standard InChI is InChI=1S/C22H18N2O3S2/c1-3-11-27-21(26)18-14(2)23-22-24(19(18)15-8-5-4-6-9-15)20(25)17(29-22)13-16-10-7-12-28-16/h3-10,12-13,19H,1,11H2,2H3/b17-13-. The van der Waals surface area contributed by atoms with Crippen LogP contribution in [0.4, 0.5) is 0 Å². The fourth-order valence-electron chi connectivity index (χ4n) is 3.25. The number of carbonyl (C=O) groups is 1. The van der Waals surface area contributed by atoms with E-state index in [2.05, 4.69) is 11.6 Å². The van der Waals surface area contributed by atoms with Gasteiger partial charge in [-0.05, 0) is 30.0 Å². The molecule has 1 aliphatic rings. The highest BCUT2D eigenvalue weighted by atomic mass is 32.1. The van der Waals surface area contributed by atoms with Gasteiger partial charge in [0.25, 0.3) is 5.56 Å². The van der Waals surface area contributed by atoms with Crippen molar-refractivity contribution in [1.82, 2.24) is 4.57 Å². The molecule has 0 fully saturated rings. The number of nitrogens with zero attached hydrogens (tertiary/aromatic N) is 2. The van der Waals surface area contributed by atoms with Gasteiger partial charge in [-0.25, -0.2) is 9.79 Å². The van der Waals surface area contributed by atoms with Crippen molar-refractivity contribution in [3.05, 3.63) is 102 Å². The molecule has 1 aromatic carbocycles. The van der Waals surface area contributed by atoms with Gasteiger partial charge in [0.15, 0.2) is 4.80 Å². The van der Waals surface area contributed by atoms with Crippen LogP contribution in [-0.2, 0) is 9.53 Å². The van der Waals surface area contributed by atoms with Gasteiger partial charge in [0.1, 0.15) is 6.61 Å². The first kappa shape index (κ1) is 19.3. The number of benzene rings is 1. The summed E-state index contributed by atoms with van der Waals surface area (Å²) in [5.41, 5.74) is 1.58. The molecule has 5 nitrogen and oxygen atoms in total. The summed E-state index contributed by atoms with van der Waals surface area (Å²) >= 11 is 2.89. The number of allylic oxidation sites excluding steroid dienone is 1. The van der Waals surface area contributed by atoms with Crippen molar-refractivity contribution in [2.24, 2.45) is 4.99 Å². The molecule has 0 radical (unpaired) electrons. The van der Waals surface area contributed by atoms with Crippen molar-refractivity contribution in [3.8, 4) is 0 Å². The predicted octanol–water partition coefficient (Wildman–Crippen LogP) is 3.03. The van der Waals surface area contributed by atoms with Crippen LogP contribution in [0.25, 0.3) is 6.08 Å². The fourth-order valence-corrected chi connectivity index (χ4v) is 5.02. The molecule has 7 heteroatoms. The van der Waals surface area contributed by atoms with E-state index in [1.807, 2.05) is 53.9 Å². The maximum atomic E-state index is 13.3. The number of esters is 1. The molecule has 29 heavy (non-hydrogen) atoms. The molecule has 0 saturated heterocycles. The quantitative estimate of drug-likeness (QED) is 0.469. The van der Waals surface area contributed by atoms with Gasteiger partial charge in [0.05, 0.1) is 21.8 Å². The first-order valence-corrected chi connectivity index (χ1v) is 10.7. The summed E-state index contributed by atoms with van der Waals surface area (Å²) in [5, 5.41) is 1.97. The van der Waals surface area contributed by atoms with Gasteiger partial charge < -0.3 is 4.74 Å². The van der Waals surface area contributed by atoms with Crippen LogP contribution in [-0.4, -0.2) is 17.1 Å². The fraction of sp³-hybridized carbons (Fsp3) is 0.136. The number of ether oxygens (including phenoxy) is 1. The molecule has 1 atom stereocenters. The summed E-state index contributed by atoms with van der Waals surface area (Å²) in [6.07, 6.45) is 3.38. The van der Waals surface area contributed by atoms with Crippen molar-refractivity contribution in [1.29, 1.82) is 0 Å². The number of aromatic nitrogens is 1. The second-order valence-electron chi connectivity index (χ2n) is 6.40. The van der Waals surface area contributed by atoms with E-state index in [9.17, 15) is 9.59 Å². The Bertz CT molecular complexity index is 1270. The van der Waals surface area contributed by atoms with Crippen LogP contribution in [0.1, 0.15) is 23.4 Å². The van der Waals surface area contributed by atoms with Gasteiger partial charge in [0.2, 0.25) is 0 Å². The van der Waals surface area contributed by atoms with Crippen LogP contribution in [0.15, 0.2) is 81.6 Å². The van der Waals surface area contributed by atoms with E-state index in [0.29, 0.717) is 20.6 Å². The van der Waals surface area contributed by atoms with E-state index in [1.165, 1.54) is 17.4 Å². The van der Waals surface area contributed by atoms with Gasteiger partial charge in [-0.3, -0.25) is 9.36 Å². The molecular weight excluding hydrogens is 404 g/mol. The Morgan fingerprint density at radius 1 is 1.28 bits per heavy atom. The number of carbonyl (C=O) groups excluding carboxylic acids is 1. The summed E-state index contributed by atoms with van der Waals surface area (Å²) in [6, 6.07) is 12.8. The third-order valence-electron chi connectivity index (χ3n) is 4.51. The maximum Gasteiger partial charge on any atom is 0.338 e. The first-order chi connectivity index (χ1) is 14.1. The molecule has 1 aliphatic heterocycles. The number of thiazole rings is 1. The molecule has 0 spiro atoms. The average Bonchev–Trinajstić information content (AvgIpc) is 3.34. The Morgan fingerprint density at radius 2 is 2.07 bits per heavy atom. The molecule has 146 valence electrons. The summed E-state index contributed by atoms with van der Waals surface area (Å²) in [7, 11) is 0. The Morgan fingerprint density at radius 3 is 2.76 bits per heavy atom. The van der Waals surface area contributed by atoms with Crippen molar-refractivity contribution < 1.29 is 9.53 Å². The zero-order valence-electron chi connectivity index (χ0n) is 15.7. The highest BCUT2D eigenvalue weighted by Gasteiger charge is 2.33. The lowest BCUT2D eigenvalue weighted by Gasteiger charge is -2.24. The van der Waals surface area contributed by atoms with Gasteiger partial charge >= 0.3 is 5.97 Å². The van der Waals surface area contributed by atoms with Gasteiger partial charge in [-0.2, -0.15) is 0 Å². The highest BCUT2D eigenvalue weighted by molar-refractivity contribution is 7.11. The minimum atomic E-state index is -0.588. The van der Waals surface area contributed by atoms with E-state index in [0.717, 1.165) is 10.4 Å². The van der Waals surface area contributed by atoms with E-state index >= 15 is 0 Å². The first-order valence-electron chi connectivity index (χ1n) is 8.99. The van der Waals surface area contributed by atoms with E-state index < -0.39 is 12.0 Å². The normalized spacial score (nSPS) is 16.3. The predicted molar refractivity (Wildman–Crippen MR) is 116 cm³/mol. The van der Waals surface area contributed by atoms with Crippen LogP contribution in [0, 0.1) is 0 Å². The third kappa shape index (κ3) is 3.66. The zero-order valence-corrected chi connectivity index (χ0v) is 17.3. The number of thiophene rings is 1. The SMILES string of the molecule is C=CCOC(=O)C1=C(C)N=c2s/c(=C\c3cccs3)c(=O)n2C1c1ccccc1. The van der Waals surface area contributed by atoms with Gasteiger partial charge in [-0.1, -0.05) is 60.4 Å². The summed E-state index contributed by atoms with van der Waals surface area (Å²) < 4.78 is 7.48. The lowest BCUT2D eigenvalue weighted by molar-refractivity contribution is -0.138. The van der Waals surface area contributed by atoms with Crippen LogP contribution in [0.2, 0.25) is 0 Å². The molecule has 2 aromatic heterocycles. The molecule has 0 N–H and O–H groups in total. The molecule has 3 heterocycles. The molecule has 4 rings (SSSR count). The van der Waals surface area contributed by atoms with E-state index in [1.54, 1.807) is 22.8 Å². The number of hydrogen-bond donors (Lipinski definition) is 0. The third-order valence-corrected chi connectivity index (χ3v) is 6.31. The van der Waals surface area contributed by atoms with Crippen molar-refractivity contribution in [3.63, 3.8) is 0 Å². The minimum absolute atomic E-state index is 0.0971. The second kappa shape index (κ2) is 8.14. The second-order valence-corrected chi connectivity index (χ2v) is 8.38. The Kier molecular flexibility index (Phi) is 5.42. The Labute approximate surface area is 175 Å². The largest absolute Gasteiger partial charge is 0.458 e. The number of hydrogen-bond acceptors (Lipinski definition) is 6. The number of fused-ring (bicyclic) bond motifs is 1. The van der Waals surface area contributed by atoms with Crippen LogP contribution in [0.3, 0.4) is 0 Å². The zero-order chi connectivity index (χ0) is 20.4.